The monoisotopic (exact) mass is 284 g/mol. The van der Waals surface area contributed by atoms with E-state index in [0.29, 0.717) is 6.54 Å². The van der Waals surface area contributed by atoms with Crippen LogP contribution in [0.5, 0.6) is 0 Å². The number of nitro groups is 1. The summed E-state index contributed by atoms with van der Waals surface area (Å²) in [7, 11) is 0. The maximum absolute atomic E-state index is 11.6. The fourth-order valence-corrected chi connectivity index (χ4v) is 1.80. The summed E-state index contributed by atoms with van der Waals surface area (Å²) < 4.78 is 0. The summed E-state index contributed by atoms with van der Waals surface area (Å²) in [6.45, 7) is 0.378. The van der Waals surface area contributed by atoms with Crippen LogP contribution in [0.4, 0.5) is 0 Å². The van der Waals surface area contributed by atoms with Crippen LogP contribution in [0.25, 0.3) is 0 Å². The number of nitrogens with one attached hydrogen (secondary N) is 1. The maximum Gasteiger partial charge on any atom is 0.296 e. The number of rotatable bonds is 5. The summed E-state index contributed by atoms with van der Waals surface area (Å²) in [6, 6.07) is 9.30. The Hall–Kier alpha value is -3.02. The zero-order valence-corrected chi connectivity index (χ0v) is 11.0. The molecule has 1 aliphatic rings. The lowest BCUT2D eigenvalue weighted by molar-refractivity contribution is -0.420. The van der Waals surface area contributed by atoms with Crippen LogP contribution in [0, 0.1) is 10.1 Å². The first-order valence-electron chi connectivity index (χ1n) is 6.18. The summed E-state index contributed by atoms with van der Waals surface area (Å²) >= 11 is 0. The van der Waals surface area contributed by atoms with Crippen LogP contribution in [0.3, 0.4) is 0 Å². The zero-order chi connectivity index (χ0) is 15.2. The van der Waals surface area contributed by atoms with Crippen LogP contribution in [0.2, 0.25) is 0 Å². The average Bonchev–Trinajstić information content (AvgIpc) is 2.47. The molecule has 0 aromatic heterocycles. The summed E-state index contributed by atoms with van der Waals surface area (Å²) in [5, 5.41) is 13.8. The number of carbonyl (C=O) groups excluding carboxylic acids is 2. The molecule has 1 N–H and O–H groups in total. The van der Waals surface area contributed by atoms with Gasteiger partial charge in [-0.15, -0.1) is 0 Å². The molecule has 0 radical (unpaired) electrons. The van der Waals surface area contributed by atoms with Gasteiger partial charge in [0.15, 0.2) is 11.6 Å². The van der Waals surface area contributed by atoms with Crippen LogP contribution < -0.4 is 5.32 Å². The van der Waals surface area contributed by atoms with Crippen LogP contribution in [-0.2, 0) is 16.1 Å². The van der Waals surface area contributed by atoms with Gasteiger partial charge in [0, 0.05) is 12.6 Å². The number of hydrogen-bond acceptors (Lipinski definition) is 5. The van der Waals surface area contributed by atoms with Crippen molar-refractivity contribution in [1.82, 2.24) is 5.32 Å². The lowest BCUT2D eigenvalue weighted by Crippen LogP contribution is -2.17. The van der Waals surface area contributed by atoms with E-state index in [2.05, 4.69) is 5.32 Å². The second kappa shape index (κ2) is 6.42. The topological polar surface area (TPSA) is 89.3 Å². The summed E-state index contributed by atoms with van der Waals surface area (Å²) in [5.74, 6) is -1.00. The Bertz CT molecular complexity index is 672. The van der Waals surface area contributed by atoms with E-state index in [1.807, 2.05) is 30.3 Å². The van der Waals surface area contributed by atoms with Crippen molar-refractivity contribution in [1.29, 1.82) is 0 Å². The first-order chi connectivity index (χ1) is 10.1. The number of allylic oxidation sites excluding steroid dienone is 4. The number of benzene rings is 1. The molecule has 0 saturated carbocycles. The minimum Gasteiger partial charge on any atom is -0.381 e. The molecule has 6 heteroatoms. The van der Waals surface area contributed by atoms with Crippen molar-refractivity contribution in [3.05, 3.63) is 81.7 Å². The van der Waals surface area contributed by atoms with Crippen LogP contribution >= 0.6 is 0 Å². The average molecular weight is 284 g/mol. The van der Waals surface area contributed by atoms with Crippen molar-refractivity contribution in [2.24, 2.45) is 0 Å². The van der Waals surface area contributed by atoms with Gasteiger partial charge in [-0.3, -0.25) is 19.7 Å². The number of ketones is 2. The van der Waals surface area contributed by atoms with Crippen LogP contribution in [0.1, 0.15) is 5.56 Å². The van der Waals surface area contributed by atoms with Crippen molar-refractivity contribution in [2.75, 3.05) is 0 Å². The smallest absolute Gasteiger partial charge is 0.296 e. The van der Waals surface area contributed by atoms with Crippen molar-refractivity contribution < 1.29 is 14.5 Å². The lowest BCUT2D eigenvalue weighted by atomic mass is 10.0. The molecule has 0 amide bonds. The van der Waals surface area contributed by atoms with Crippen molar-refractivity contribution in [2.45, 2.75) is 6.54 Å². The van der Waals surface area contributed by atoms with Gasteiger partial charge in [0.2, 0.25) is 0 Å². The Morgan fingerprint density at radius 2 is 1.90 bits per heavy atom. The molecule has 0 fully saturated rings. The maximum atomic E-state index is 11.6. The molecular formula is C15H12N2O4. The molecule has 0 unspecified atom stereocenters. The first kappa shape index (κ1) is 14.4. The highest BCUT2D eigenvalue weighted by molar-refractivity contribution is 6.19. The van der Waals surface area contributed by atoms with Crippen LogP contribution in [0.15, 0.2) is 66.0 Å². The zero-order valence-electron chi connectivity index (χ0n) is 11.0. The molecule has 6 nitrogen and oxygen atoms in total. The number of carbonyl (C=O) groups is 2. The van der Waals surface area contributed by atoms with E-state index in [9.17, 15) is 19.7 Å². The molecule has 1 aromatic rings. The van der Waals surface area contributed by atoms with Gasteiger partial charge >= 0.3 is 0 Å². The quantitative estimate of drug-likeness (QED) is 0.503. The van der Waals surface area contributed by atoms with Gasteiger partial charge in [0.05, 0.1) is 11.1 Å². The van der Waals surface area contributed by atoms with Crippen molar-refractivity contribution >= 4 is 11.6 Å². The van der Waals surface area contributed by atoms with Crippen molar-refractivity contribution in [3.63, 3.8) is 0 Å². The van der Waals surface area contributed by atoms with E-state index in [-0.39, 0.29) is 5.57 Å². The summed E-state index contributed by atoms with van der Waals surface area (Å²) in [5.41, 5.74) is 0.304. The SMILES string of the molecule is O=C1C=CC(=O)C(C(=CNCc2ccccc2)[N+](=O)[O-])=C1. The molecule has 2 rings (SSSR count). The normalized spacial score (nSPS) is 14.9. The fraction of sp³-hybridized carbons (Fsp3) is 0.0667. The Balaban J connectivity index is 2.16. The first-order valence-corrected chi connectivity index (χ1v) is 6.18. The van der Waals surface area contributed by atoms with Gasteiger partial charge in [-0.2, -0.15) is 0 Å². The largest absolute Gasteiger partial charge is 0.381 e. The molecule has 1 aliphatic carbocycles. The number of nitrogens with zero attached hydrogens (tertiary/aromatic N) is 1. The molecular weight excluding hydrogens is 272 g/mol. The molecule has 106 valence electrons. The number of hydrogen-bond donors (Lipinski definition) is 1. The van der Waals surface area contributed by atoms with E-state index in [0.717, 1.165) is 30.0 Å². The summed E-state index contributed by atoms with van der Waals surface area (Å²) in [4.78, 5) is 33.3. The predicted octanol–water partition coefficient (Wildman–Crippen LogP) is 1.53. The minimum atomic E-state index is -0.686. The Morgan fingerprint density at radius 3 is 2.57 bits per heavy atom. The molecule has 0 spiro atoms. The van der Waals surface area contributed by atoms with E-state index in [4.69, 9.17) is 0 Å². The standard InChI is InChI=1S/C15H12N2O4/c18-12-6-7-15(19)13(8-12)14(17(20)21)10-16-9-11-4-2-1-3-5-11/h1-8,10,16H,9H2. The molecule has 0 atom stereocenters. The third-order valence-electron chi connectivity index (χ3n) is 2.81. The minimum absolute atomic E-state index is 0.215. The van der Waals surface area contributed by atoms with Gasteiger partial charge < -0.3 is 5.32 Å². The van der Waals surface area contributed by atoms with E-state index >= 15 is 0 Å². The molecule has 0 aliphatic heterocycles. The molecule has 0 saturated heterocycles. The van der Waals surface area contributed by atoms with Crippen molar-refractivity contribution in [3.8, 4) is 0 Å². The Morgan fingerprint density at radius 1 is 1.19 bits per heavy atom. The molecule has 1 aromatic carbocycles. The highest BCUT2D eigenvalue weighted by Gasteiger charge is 2.25. The molecule has 0 heterocycles. The van der Waals surface area contributed by atoms with E-state index in [1.54, 1.807) is 0 Å². The van der Waals surface area contributed by atoms with Gasteiger partial charge in [-0.05, 0) is 17.7 Å². The van der Waals surface area contributed by atoms with Gasteiger partial charge in [0.25, 0.3) is 5.70 Å². The summed E-state index contributed by atoms with van der Waals surface area (Å²) in [6.07, 6.45) is 4.23. The van der Waals surface area contributed by atoms with Gasteiger partial charge in [-0.1, -0.05) is 30.3 Å². The van der Waals surface area contributed by atoms with E-state index < -0.39 is 22.2 Å². The van der Waals surface area contributed by atoms with Gasteiger partial charge in [0.1, 0.15) is 5.57 Å². The van der Waals surface area contributed by atoms with Gasteiger partial charge in [-0.25, -0.2) is 0 Å². The highest BCUT2D eigenvalue weighted by atomic mass is 16.6. The highest BCUT2D eigenvalue weighted by Crippen LogP contribution is 2.15. The third kappa shape index (κ3) is 3.73. The molecule has 0 bridgehead atoms. The van der Waals surface area contributed by atoms with Crippen LogP contribution in [-0.4, -0.2) is 16.5 Å². The predicted molar refractivity (Wildman–Crippen MR) is 75.6 cm³/mol. The third-order valence-corrected chi connectivity index (χ3v) is 2.81. The second-order valence-corrected chi connectivity index (χ2v) is 4.31. The fourth-order valence-electron chi connectivity index (χ4n) is 1.80. The lowest BCUT2D eigenvalue weighted by Gasteiger charge is -2.05. The van der Waals surface area contributed by atoms with E-state index in [1.165, 1.54) is 0 Å². The second-order valence-electron chi connectivity index (χ2n) is 4.31. The Labute approximate surface area is 120 Å². The molecule has 21 heavy (non-hydrogen) atoms. The Kier molecular flexibility index (Phi) is 4.40.